The van der Waals surface area contributed by atoms with Crippen LogP contribution in [0.3, 0.4) is 0 Å². The Balaban J connectivity index is 0.00000182. The monoisotopic (exact) mass is 380 g/mol. The van der Waals surface area contributed by atoms with Crippen molar-refractivity contribution in [3.8, 4) is 0 Å². The number of nitrogens with zero attached hydrogens (tertiary/aromatic N) is 2. The van der Waals surface area contributed by atoms with Gasteiger partial charge in [0, 0.05) is 23.3 Å². The Labute approximate surface area is 158 Å². The summed E-state index contributed by atoms with van der Waals surface area (Å²) in [4.78, 5) is 16.9. The van der Waals surface area contributed by atoms with Gasteiger partial charge < -0.3 is 9.88 Å². The van der Waals surface area contributed by atoms with Gasteiger partial charge in [-0.25, -0.2) is 4.98 Å². The van der Waals surface area contributed by atoms with Crippen LogP contribution in [0.4, 0.5) is 5.95 Å². The maximum atomic E-state index is 12.6. The minimum Gasteiger partial charge on any atom is -0.317 e. The minimum atomic E-state index is 0. The number of aromatic nitrogens is 2. The first-order valence-corrected chi connectivity index (χ1v) is 8.82. The highest BCUT2D eigenvalue weighted by atomic mass is 35.5. The van der Waals surface area contributed by atoms with E-state index in [1.807, 2.05) is 35.0 Å². The number of nitrogens with one attached hydrogen (secondary N) is 2. The molecule has 2 aromatic rings. The Morgan fingerprint density at radius 3 is 2.88 bits per heavy atom. The Hall–Kier alpha value is -1.56. The van der Waals surface area contributed by atoms with Crippen LogP contribution in [0, 0.1) is 11.3 Å². The first-order valence-electron chi connectivity index (χ1n) is 8.44. The molecule has 1 unspecified atom stereocenters. The average molecular weight is 381 g/mol. The maximum Gasteiger partial charge on any atom is 0.230 e. The molecule has 1 aliphatic heterocycles. The van der Waals surface area contributed by atoms with E-state index in [9.17, 15) is 4.79 Å². The van der Waals surface area contributed by atoms with Crippen LogP contribution < -0.4 is 10.6 Å². The molecule has 1 aromatic carbocycles. The Bertz CT molecular complexity index is 755. The molecule has 0 bridgehead atoms. The number of hydrogen-bond acceptors (Lipinski definition) is 3. The van der Waals surface area contributed by atoms with E-state index in [0.29, 0.717) is 12.5 Å². The molecule has 4 rings (SSSR count). The van der Waals surface area contributed by atoms with E-state index >= 15 is 0 Å². The van der Waals surface area contributed by atoms with Crippen LogP contribution in [0.2, 0.25) is 5.02 Å². The standard InChI is InChI=1S/C18H21ClN4O.ClH/c19-15-4-2-1-3-13(15)12-23-10-9-21-17(23)22-16(24)14-11-18(14)5-7-20-8-6-18;/h1-4,9-10,14,20H,5-8,11-12H2,(H,21,22,24);1H. The van der Waals surface area contributed by atoms with Gasteiger partial charge in [0.1, 0.15) is 0 Å². The van der Waals surface area contributed by atoms with Gasteiger partial charge in [-0.2, -0.15) is 0 Å². The first-order chi connectivity index (χ1) is 11.7. The lowest BCUT2D eigenvalue weighted by Crippen LogP contribution is -2.32. The molecule has 1 spiro atoms. The van der Waals surface area contributed by atoms with Gasteiger partial charge in [0.2, 0.25) is 11.9 Å². The summed E-state index contributed by atoms with van der Waals surface area (Å²) in [5, 5.41) is 7.10. The highest BCUT2D eigenvalue weighted by Crippen LogP contribution is 2.58. The number of rotatable bonds is 4. The number of anilines is 1. The molecule has 1 amide bonds. The summed E-state index contributed by atoms with van der Waals surface area (Å²) in [6.07, 6.45) is 6.77. The molecule has 1 saturated carbocycles. The molecule has 1 aliphatic carbocycles. The largest absolute Gasteiger partial charge is 0.317 e. The van der Waals surface area contributed by atoms with Gasteiger partial charge in [0.05, 0.1) is 6.54 Å². The number of imidazole rings is 1. The van der Waals surface area contributed by atoms with Gasteiger partial charge in [-0.05, 0) is 49.4 Å². The molecule has 7 heteroatoms. The van der Waals surface area contributed by atoms with Crippen LogP contribution in [-0.2, 0) is 11.3 Å². The van der Waals surface area contributed by atoms with Gasteiger partial charge in [-0.15, -0.1) is 12.4 Å². The molecule has 1 saturated heterocycles. The molecule has 2 fully saturated rings. The third-order valence-electron chi connectivity index (χ3n) is 5.35. The molecule has 25 heavy (non-hydrogen) atoms. The second kappa shape index (κ2) is 7.36. The van der Waals surface area contributed by atoms with Crippen molar-refractivity contribution in [2.24, 2.45) is 11.3 Å². The molecule has 2 N–H and O–H groups in total. The SMILES string of the molecule is Cl.O=C(Nc1nccn1Cc1ccccc1Cl)C1CC12CCNCC2. The molecule has 2 aliphatic rings. The lowest BCUT2D eigenvalue weighted by Gasteiger charge is -2.23. The number of carbonyl (C=O) groups is 1. The minimum absolute atomic E-state index is 0. The lowest BCUT2D eigenvalue weighted by molar-refractivity contribution is -0.118. The van der Waals surface area contributed by atoms with Crippen molar-refractivity contribution in [2.45, 2.75) is 25.8 Å². The van der Waals surface area contributed by atoms with Crippen LogP contribution in [0.5, 0.6) is 0 Å². The topological polar surface area (TPSA) is 59.0 Å². The zero-order valence-corrected chi connectivity index (χ0v) is 15.4. The van der Waals surface area contributed by atoms with Gasteiger partial charge in [-0.1, -0.05) is 29.8 Å². The molecule has 2 heterocycles. The van der Waals surface area contributed by atoms with Crippen molar-refractivity contribution < 1.29 is 4.79 Å². The van der Waals surface area contributed by atoms with Crippen molar-refractivity contribution in [3.05, 3.63) is 47.2 Å². The van der Waals surface area contributed by atoms with Crippen LogP contribution in [0.25, 0.3) is 0 Å². The van der Waals surface area contributed by atoms with Crippen molar-refractivity contribution in [1.29, 1.82) is 0 Å². The molecule has 1 atom stereocenters. The van der Waals surface area contributed by atoms with Gasteiger partial charge in [0.25, 0.3) is 0 Å². The number of carbonyl (C=O) groups excluding carboxylic acids is 1. The number of piperidine rings is 1. The molecule has 134 valence electrons. The third-order valence-corrected chi connectivity index (χ3v) is 5.72. The first kappa shape index (κ1) is 18.2. The predicted molar refractivity (Wildman–Crippen MR) is 101 cm³/mol. The van der Waals surface area contributed by atoms with E-state index in [2.05, 4.69) is 15.6 Å². The third kappa shape index (κ3) is 3.68. The molecule has 5 nitrogen and oxygen atoms in total. The Morgan fingerprint density at radius 1 is 1.36 bits per heavy atom. The summed E-state index contributed by atoms with van der Waals surface area (Å²) in [6, 6.07) is 7.73. The van der Waals surface area contributed by atoms with E-state index in [1.54, 1.807) is 6.20 Å². The summed E-state index contributed by atoms with van der Waals surface area (Å²) >= 11 is 6.23. The van der Waals surface area contributed by atoms with Crippen LogP contribution in [-0.4, -0.2) is 28.5 Å². The number of halogens is 2. The van der Waals surface area contributed by atoms with Crippen LogP contribution >= 0.6 is 24.0 Å². The smallest absolute Gasteiger partial charge is 0.230 e. The summed E-state index contributed by atoms with van der Waals surface area (Å²) in [7, 11) is 0. The second-order valence-electron chi connectivity index (χ2n) is 6.83. The average Bonchev–Trinajstić information content (AvgIpc) is 3.10. The quantitative estimate of drug-likeness (QED) is 0.854. The fourth-order valence-electron chi connectivity index (χ4n) is 3.76. The van der Waals surface area contributed by atoms with E-state index in [1.165, 1.54) is 0 Å². The number of benzene rings is 1. The van der Waals surface area contributed by atoms with Crippen molar-refractivity contribution in [2.75, 3.05) is 18.4 Å². The Kier molecular flexibility index (Phi) is 5.37. The Morgan fingerprint density at radius 2 is 2.12 bits per heavy atom. The van der Waals surface area contributed by atoms with E-state index in [-0.39, 0.29) is 29.6 Å². The van der Waals surface area contributed by atoms with Crippen molar-refractivity contribution in [1.82, 2.24) is 14.9 Å². The van der Waals surface area contributed by atoms with Gasteiger partial charge in [0.15, 0.2) is 0 Å². The van der Waals surface area contributed by atoms with Crippen molar-refractivity contribution >= 4 is 35.9 Å². The maximum absolute atomic E-state index is 12.6. The van der Waals surface area contributed by atoms with Crippen LogP contribution in [0.1, 0.15) is 24.8 Å². The zero-order valence-electron chi connectivity index (χ0n) is 13.9. The number of amides is 1. The van der Waals surface area contributed by atoms with Crippen LogP contribution in [0.15, 0.2) is 36.7 Å². The van der Waals surface area contributed by atoms with E-state index < -0.39 is 0 Å². The zero-order chi connectivity index (χ0) is 16.6. The molecular weight excluding hydrogens is 359 g/mol. The fourth-order valence-corrected chi connectivity index (χ4v) is 3.96. The molecule has 0 radical (unpaired) electrons. The van der Waals surface area contributed by atoms with E-state index in [0.717, 1.165) is 42.9 Å². The van der Waals surface area contributed by atoms with Gasteiger partial charge >= 0.3 is 0 Å². The van der Waals surface area contributed by atoms with Crippen molar-refractivity contribution in [3.63, 3.8) is 0 Å². The highest BCUT2D eigenvalue weighted by molar-refractivity contribution is 6.31. The lowest BCUT2D eigenvalue weighted by atomic mass is 9.92. The molecule has 1 aromatic heterocycles. The summed E-state index contributed by atoms with van der Waals surface area (Å²) in [5.41, 5.74) is 1.24. The number of hydrogen-bond donors (Lipinski definition) is 2. The highest BCUT2D eigenvalue weighted by Gasteiger charge is 2.57. The molecular formula is C18H22Cl2N4O. The summed E-state index contributed by atoms with van der Waals surface area (Å²) in [5.74, 6) is 0.824. The fraction of sp³-hybridized carbons (Fsp3) is 0.444. The second-order valence-corrected chi connectivity index (χ2v) is 7.24. The normalized spacial score (nSPS) is 20.8. The van der Waals surface area contributed by atoms with Gasteiger partial charge in [-0.3, -0.25) is 10.1 Å². The predicted octanol–water partition coefficient (Wildman–Crippen LogP) is 3.33. The van der Waals surface area contributed by atoms with E-state index in [4.69, 9.17) is 11.6 Å². The summed E-state index contributed by atoms with van der Waals surface area (Å²) in [6.45, 7) is 2.63. The summed E-state index contributed by atoms with van der Waals surface area (Å²) < 4.78 is 1.93.